The van der Waals surface area contributed by atoms with Gasteiger partial charge in [-0.25, -0.2) is 0 Å². The summed E-state index contributed by atoms with van der Waals surface area (Å²) in [5.74, 6) is 0.128. The summed E-state index contributed by atoms with van der Waals surface area (Å²) in [6.07, 6.45) is 1.40. The molecule has 0 atom stereocenters. The lowest BCUT2D eigenvalue weighted by molar-refractivity contribution is -0.133. The van der Waals surface area contributed by atoms with Crippen LogP contribution in [0.15, 0.2) is 74.5 Å². The molecule has 0 N–H and O–H groups in total. The smallest absolute Gasteiger partial charge is 0.315 e. The van der Waals surface area contributed by atoms with E-state index in [0.29, 0.717) is 21.9 Å². The minimum atomic E-state index is -0.614. The molecule has 6 nitrogen and oxygen atoms in total. The van der Waals surface area contributed by atoms with Crippen molar-refractivity contribution < 1.29 is 23.1 Å². The first-order valence-corrected chi connectivity index (χ1v) is 9.07. The number of methoxy groups -OCH3 is 1. The third kappa shape index (κ3) is 3.88. The minimum Gasteiger partial charge on any atom is -0.497 e. The number of carbonyl (C=O) groups excluding carboxylic acids is 1. The first kappa shape index (κ1) is 18.8. The second-order valence-corrected chi connectivity index (χ2v) is 6.64. The van der Waals surface area contributed by atoms with Gasteiger partial charge in [-0.05, 0) is 48.0 Å². The van der Waals surface area contributed by atoms with E-state index in [0.717, 1.165) is 0 Å². The first-order valence-electron chi connectivity index (χ1n) is 8.69. The second kappa shape index (κ2) is 7.85. The number of ether oxygens (including phenoxy) is 2. The highest BCUT2D eigenvalue weighted by Gasteiger charge is 2.22. The van der Waals surface area contributed by atoms with Gasteiger partial charge in [-0.2, -0.15) is 0 Å². The number of fused-ring (bicyclic) bond motifs is 1. The molecule has 0 aliphatic rings. The summed E-state index contributed by atoms with van der Waals surface area (Å²) in [6.45, 7) is 0. The summed E-state index contributed by atoms with van der Waals surface area (Å²) < 4.78 is 21.7. The van der Waals surface area contributed by atoms with Crippen LogP contribution in [0, 0.1) is 0 Å². The summed E-state index contributed by atoms with van der Waals surface area (Å²) >= 11 is 6.00. The van der Waals surface area contributed by atoms with E-state index in [4.69, 9.17) is 29.9 Å². The van der Waals surface area contributed by atoms with E-state index in [1.165, 1.54) is 12.3 Å². The van der Waals surface area contributed by atoms with E-state index >= 15 is 0 Å². The lowest BCUT2D eigenvalue weighted by atomic mass is 10.1. The van der Waals surface area contributed by atoms with Gasteiger partial charge in [0, 0.05) is 5.02 Å². The number of hydrogen-bond acceptors (Lipinski definition) is 6. The maximum absolute atomic E-state index is 13.0. The van der Waals surface area contributed by atoms with Crippen molar-refractivity contribution in [3.05, 3.63) is 81.7 Å². The highest BCUT2D eigenvalue weighted by Crippen LogP contribution is 2.32. The zero-order valence-electron chi connectivity index (χ0n) is 15.3. The topological polar surface area (TPSA) is 78.9 Å². The predicted molar refractivity (Wildman–Crippen MR) is 108 cm³/mol. The third-order valence-electron chi connectivity index (χ3n) is 4.28. The zero-order valence-corrected chi connectivity index (χ0v) is 16.1. The minimum absolute atomic E-state index is 0.0331. The van der Waals surface area contributed by atoms with E-state index in [1.807, 2.05) is 0 Å². The molecule has 2 aromatic carbocycles. The Balaban J connectivity index is 1.72. The number of benzene rings is 2. The molecule has 4 rings (SSSR count). The van der Waals surface area contributed by atoms with Gasteiger partial charge >= 0.3 is 5.97 Å². The Morgan fingerprint density at radius 1 is 1.10 bits per heavy atom. The molecule has 0 fully saturated rings. The summed E-state index contributed by atoms with van der Waals surface area (Å²) in [4.78, 5) is 25.5. The molecule has 7 heteroatoms. The molecule has 2 heterocycles. The molecule has 0 aliphatic carbocycles. The molecule has 0 radical (unpaired) electrons. The van der Waals surface area contributed by atoms with Crippen LogP contribution < -0.4 is 14.9 Å². The van der Waals surface area contributed by atoms with Crippen molar-refractivity contribution in [2.45, 2.75) is 6.42 Å². The highest BCUT2D eigenvalue weighted by atomic mass is 35.5. The summed E-state index contributed by atoms with van der Waals surface area (Å²) in [5, 5.41) is 0.575. The van der Waals surface area contributed by atoms with Gasteiger partial charge in [0.25, 0.3) is 0 Å². The number of halogens is 1. The number of hydrogen-bond donors (Lipinski definition) is 0. The predicted octanol–water partition coefficient (Wildman–Crippen LogP) is 4.86. The molecular formula is C22H15ClO6. The molecule has 0 amide bonds. The van der Waals surface area contributed by atoms with Crippen LogP contribution in [0.2, 0.25) is 5.02 Å². The number of furan rings is 1. The molecule has 0 unspecified atom stereocenters. The van der Waals surface area contributed by atoms with Crippen molar-refractivity contribution in [2.24, 2.45) is 0 Å². The van der Waals surface area contributed by atoms with Crippen molar-refractivity contribution in [2.75, 3.05) is 7.11 Å². The quantitative estimate of drug-likeness (QED) is 0.437. The van der Waals surface area contributed by atoms with Crippen LogP contribution >= 0.6 is 11.6 Å². The Bertz CT molecular complexity index is 1220. The molecule has 2 aromatic heterocycles. The number of rotatable bonds is 5. The standard InChI is InChI=1S/C22H15ClO6/c1-26-15-7-4-13(5-8-15)11-19(24)29-22-20(25)16-12-14(23)6-9-17(16)28-21(22)18-3-2-10-27-18/h2-10,12H,11H2,1H3. The fourth-order valence-corrected chi connectivity index (χ4v) is 3.05. The fraction of sp³-hybridized carbons (Fsp3) is 0.0909. The van der Waals surface area contributed by atoms with Crippen molar-refractivity contribution in [3.63, 3.8) is 0 Å². The maximum atomic E-state index is 13.0. The maximum Gasteiger partial charge on any atom is 0.315 e. The highest BCUT2D eigenvalue weighted by molar-refractivity contribution is 6.31. The molecule has 0 aliphatic heterocycles. The average molecular weight is 411 g/mol. The molecule has 0 spiro atoms. The molecule has 0 bridgehead atoms. The number of esters is 1. The number of carbonyl (C=O) groups is 1. The Morgan fingerprint density at radius 2 is 1.90 bits per heavy atom. The Hall–Kier alpha value is -3.51. The largest absolute Gasteiger partial charge is 0.497 e. The lowest BCUT2D eigenvalue weighted by Crippen LogP contribution is -2.17. The van der Waals surface area contributed by atoms with Crippen LogP contribution in [0.1, 0.15) is 5.56 Å². The van der Waals surface area contributed by atoms with Gasteiger partial charge in [0.15, 0.2) is 5.76 Å². The molecule has 29 heavy (non-hydrogen) atoms. The van der Waals surface area contributed by atoms with Crippen molar-refractivity contribution >= 4 is 28.5 Å². The first-order chi connectivity index (χ1) is 14.0. The zero-order chi connectivity index (χ0) is 20.4. The van der Waals surface area contributed by atoms with Gasteiger partial charge in [-0.15, -0.1) is 0 Å². The van der Waals surface area contributed by atoms with Crippen LogP contribution in [0.4, 0.5) is 0 Å². The average Bonchev–Trinajstić information content (AvgIpc) is 3.25. The van der Waals surface area contributed by atoms with E-state index < -0.39 is 11.4 Å². The van der Waals surface area contributed by atoms with E-state index in [2.05, 4.69) is 0 Å². The monoisotopic (exact) mass is 410 g/mol. The summed E-state index contributed by atoms with van der Waals surface area (Å²) in [7, 11) is 1.56. The van der Waals surface area contributed by atoms with Gasteiger partial charge in [0.1, 0.15) is 11.3 Å². The fourth-order valence-electron chi connectivity index (χ4n) is 2.87. The molecule has 4 aromatic rings. The molecular weight excluding hydrogens is 396 g/mol. The van der Waals surface area contributed by atoms with Crippen molar-refractivity contribution in [1.29, 1.82) is 0 Å². The lowest BCUT2D eigenvalue weighted by Gasteiger charge is -2.09. The third-order valence-corrected chi connectivity index (χ3v) is 4.51. The normalized spacial score (nSPS) is 10.8. The van der Waals surface area contributed by atoms with E-state index in [1.54, 1.807) is 55.6 Å². The van der Waals surface area contributed by atoms with Gasteiger partial charge in [0.2, 0.25) is 16.9 Å². The second-order valence-electron chi connectivity index (χ2n) is 6.21. The van der Waals surface area contributed by atoms with Gasteiger partial charge in [-0.1, -0.05) is 23.7 Å². The summed E-state index contributed by atoms with van der Waals surface area (Å²) in [6, 6.07) is 14.9. The van der Waals surface area contributed by atoms with Gasteiger partial charge in [-0.3, -0.25) is 9.59 Å². The van der Waals surface area contributed by atoms with Crippen LogP contribution in [0.25, 0.3) is 22.5 Å². The Kier molecular flexibility index (Phi) is 5.10. The Morgan fingerprint density at radius 3 is 2.59 bits per heavy atom. The molecule has 146 valence electrons. The van der Waals surface area contributed by atoms with Crippen molar-refractivity contribution in [3.8, 4) is 23.0 Å². The molecule has 0 saturated heterocycles. The van der Waals surface area contributed by atoms with Gasteiger partial charge < -0.3 is 18.3 Å². The van der Waals surface area contributed by atoms with Crippen LogP contribution in [0.5, 0.6) is 11.5 Å². The Labute approximate surface area is 170 Å². The van der Waals surface area contributed by atoms with Crippen molar-refractivity contribution in [1.82, 2.24) is 0 Å². The summed E-state index contributed by atoms with van der Waals surface area (Å²) in [5.41, 5.74) is 0.507. The molecule has 0 saturated carbocycles. The van der Waals surface area contributed by atoms with Crippen LogP contribution in [0.3, 0.4) is 0 Å². The van der Waals surface area contributed by atoms with Gasteiger partial charge in [0.05, 0.1) is 25.2 Å². The van der Waals surface area contributed by atoms with Crippen LogP contribution in [-0.2, 0) is 11.2 Å². The van der Waals surface area contributed by atoms with Crippen LogP contribution in [-0.4, -0.2) is 13.1 Å². The SMILES string of the molecule is COc1ccc(CC(=O)Oc2c(-c3ccco3)oc3ccc(Cl)cc3c2=O)cc1. The van der Waals surface area contributed by atoms with E-state index in [9.17, 15) is 9.59 Å². The van der Waals surface area contributed by atoms with E-state index in [-0.39, 0.29) is 29.1 Å².